The number of hydrogen-bond acceptors (Lipinski definition) is 2. The highest BCUT2D eigenvalue weighted by Gasteiger charge is 2.11. The summed E-state index contributed by atoms with van der Waals surface area (Å²) in [5.74, 6) is 0.732. The van der Waals surface area contributed by atoms with Crippen molar-refractivity contribution < 1.29 is 0 Å². The summed E-state index contributed by atoms with van der Waals surface area (Å²) in [7, 11) is 0. The van der Waals surface area contributed by atoms with Crippen molar-refractivity contribution in [1.29, 1.82) is 0 Å². The molecule has 0 saturated heterocycles. The van der Waals surface area contributed by atoms with Crippen LogP contribution in [0, 0.1) is 0 Å². The van der Waals surface area contributed by atoms with E-state index in [1.54, 1.807) is 22.8 Å². The van der Waals surface area contributed by atoms with Gasteiger partial charge in [-0.15, -0.1) is 0 Å². The molecule has 0 atom stereocenters. The molecule has 0 bridgehead atoms. The number of halogens is 1. The molecule has 0 aliphatic heterocycles. The van der Waals surface area contributed by atoms with Crippen LogP contribution in [0.1, 0.15) is 12.7 Å². The number of fused-ring (bicyclic) bond motifs is 1. The molecule has 0 N–H and O–H groups in total. The average Bonchev–Trinajstić information content (AvgIpc) is 2.47. The molecule has 3 aromatic rings. The van der Waals surface area contributed by atoms with Gasteiger partial charge in [-0.2, -0.15) is 0 Å². The Labute approximate surface area is 121 Å². The van der Waals surface area contributed by atoms with Crippen LogP contribution in [0.25, 0.3) is 16.6 Å². The zero-order valence-electron chi connectivity index (χ0n) is 11.0. The number of aryl methyl sites for hydroxylation is 1. The van der Waals surface area contributed by atoms with Crippen LogP contribution in [0.5, 0.6) is 0 Å². The van der Waals surface area contributed by atoms with Gasteiger partial charge < -0.3 is 0 Å². The molecule has 0 radical (unpaired) electrons. The number of rotatable bonds is 2. The quantitative estimate of drug-likeness (QED) is 0.721. The lowest BCUT2D eigenvalue weighted by Gasteiger charge is -2.12. The second-order valence-corrected chi connectivity index (χ2v) is 4.96. The number of benzene rings is 2. The zero-order chi connectivity index (χ0) is 14.1. The summed E-state index contributed by atoms with van der Waals surface area (Å²) >= 11 is 5.97. The molecule has 0 unspecified atom stereocenters. The van der Waals surface area contributed by atoms with Crippen molar-refractivity contribution in [3.63, 3.8) is 0 Å². The van der Waals surface area contributed by atoms with E-state index >= 15 is 0 Å². The molecule has 0 amide bonds. The van der Waals surface area contributed by atoms with E-state index in [4.69, 9.17) is 11.6 Å². The zero-order valence-corrected chi connectivity index (χ0v) is 11.8. The van der Waals surface area contributed by atoms with Crippen LogP contribution in [-0.4, -0.2) is 9.55 Å². The van der Waals surface area contributed by atoms with Gasteiger partial charge in [0.2, 0.25) is 0 Å². The van der Waals surface area contributed by atoms with Crippen LogP contribution >= 0.6 is 11.6 Å². The Kier molecular flexibility index (Phi) is 3.28. The van der Waals surface area contributed by atoms with Gasteiger partial charge in [-0.05, 0) is 30.3 Å². The highest BCUT2D eigenvalue weighted by Crippen LogP contribution is 2.17. The van der Waals surface area contributed by atoms with E-state index in [1.807, 2.05) is 37.3 Å². The minimum Gasteiger partial charge on any atom is -0.268 e. The summed E-state index contributed by atoms with van der Waals surface area (Å²) in [5, 5.41) is 1.17. The predicted molar refractivity (Wildman–Crippen MR) is 81.7 cm³/mol. The van der Waals surface area contributed by atoms with Gasteiger partial charge in [0.1, 0.15) is 5.82 Å². The molecule has 2 aromatic carbocycles. The Balaban J connectivity index is 2.40. The van der Waals surface area contributed by atoms with Crippen LogP contribution in [-0.2, 0) is 6.42 Å². The molecule has 0 spiro atoms. The fourth-order valence-corrected chi connectivity index (χ4v) is 2.45. The molecule has 4 heteroatoms. The first-order valence-corrected chi connectivity index (χ1v) is 6.85. The predicted octanol–water partition coefficient (Wildman–Crippen LogP) is 3.60. The first-order chi connectivity index (χ1) is 9.70. The van der Waals surface area contributed by atoms with Gasteiger partial charge >= 0.3 is 0 Å². The Hall–Kier alpha value is -2.13. The van der Waals surface area contributed by atoms with Crippen molar-refractivity contribution in [3.8, 4) is 5.69 Å². The minimum absolute atomic E-state index is 0.0604. The van der Waals surface area contributed by atoms with E-state index in [1.165, 1.54) is 0 Å². The van der Waals surface area contributed by atoms with E-state index in [2.05, 4.69) is 4.98 Å². The molecule has 0 aliphatic carbocycles. The maximum absolute atomic E-state index is 12.7. The number of aromatic nitrogens is 2. The van der Waals surface area contributed by atoms with Crippen molar-refractivity contribution in [1.82, 2.24) is 9.55 Å². The van der Waals surface area contributed by atoms with Gasteiger partial charge in [-0.1, -0.05) is 36.7 Å². The Morgan fingerprint density at radius 1 is 1.15 bits per heavy atom. The number of hydrogen-bond donors (Lipinski definition) is 0. The van der Waals surface area contributed by atoms with Gasteiger partial charge in [0.25, 0.3) is 5.56 Å². The summed E-state index contributed by atoms with van der Waals surface area (Å²) in [5.41, 5.74) is 1.42. The summed E-state index contributed by atoms with van der Waals surface area (Å²) in [6.07, 6.45) is 0.673. The topological polar surface area (TPSA) is 34.9 Å². The molecule has 0 fully saturated rings. The molecule has 1 aromatic heterocycles. The van der Waals surface area contributed by atoms with Gasteiger partial charge in [0.05, 0.1) is 16.6 Å². The fourth-order valence-electron chi connectivity index (χ4n) is 2.29. The third-order valence-corrected chi connectivity index (χ3v) is 3.47. The van der Waals surface area contributed by atoms with Crippen molar-refractivity contribution in [2.75, 3.05) is 0 Å². The lowest BCUT2D eigenvalue weighted by atomic mass is 10.2. The second kappa shape index (κ2) is 5.10. The van der Waals surface area contributed by atoms with E-state index in [0.29, 0.717) is 22.3 Å². The van der Waals surface area contributed by atoms with Gasteiger partial charge in [-0.25, -0.2) is 4.98 Å². The van der Waals surface area contributed by atoms with Crippen LogP contribution in [0.2, 0.25) is 5.02 Å². The first-order valence-electron chi connectivity index (χ1n) is 6.47. The normalized spacial score (nSPS) is 10.9. The van der Waals surface area contributed by atoms with Crippen LogP contribution in [0.3, 0.4) is 0 Å². The van der Waals surface area contributed by atoms with Crippen LogP contribution < -0.4 is 5.56 Å². The van der Waals surface area contributed by atoms with Gasteiger partial charge in [0.15, 0.2) is 0 Å². The minimum atomic E-state index is -0.0604. The molecule has 20 heavy (non-hydrogen) atoms. The van der Waals surface area contributed by atoms with Crippen molar-refractivity contribution in [3.05, 3.63) is 69.7 Å². The summed E-state index contributed by atoms with van der Waals surface area (Å²) in [4.78, 5) is 17.3. The standard InChI is InChI=1S/C16H13ClN2O/c1-2-15-18-14-10-11(17)8-9-13(14)16(20)19(15)12-6-4-3-5-7-12/h3-10H,2H2,1H3. The molecule has 1 heterocycles. The maximum atomic E-state index is 12.7. The Morgan fingerprint density at radius 3 is 2.60 bits per heavy atom. The summed E-state index contributed by atoms with van der Waals surface area (Å²) < 4.78 is 1.66. The monoisotopic (exact) mass is 284 g/mol. The first kappa shape index (κ1) is 12.9. The van der Waals surface area contributed by atoms with Crippen molar-refractivity contribution in [2.45, 2.75) is 13.3 Å². The van der Waals surface area contributed by atoms with Crippen LogP contribution in [0.15, 0.2) is 53.3 Å². The third kappa shape index (κ3) is 2.10. The highest BCUT2D eigenvalue weighted by atomic mass is 35.5. The van der Waals surface area contributed by atoms with E-state index in [-0.39, 0.29) is 5.56 Å². The van der Waals surface area contributed by atoms with Crippen molar-refractivity contribution >= 4 is 22.5 Å². The second-order valence-electron chi connectivity index (χ2n) is 4.52. The van der Waals surface area contributed by atoms with Gasteiger partial charge in [-0.3, -0.25) is 9.36 Å². The summed E-state index contributed by atoms with van der Waals surface area (Å²) in [6.45, 7) is 1.98. The van der Waals surface area contributed by atoms with E-state index < -0.39 is 0 Å². The lowest BCUT2D eigenvalue weighted by Crippen LogP contribution is -2.23. The number of nitrogens with zero attached hydrogens (tertiary/aromatic N) is 2. The third-order valence-electron chi connectivity index (χ3n) is 3.23. The SMILES string of the molecule is CCc1nc2cc(Cl)ccc2c(=O)n1-c1ccccc1. The number of para-hydroxylation sites is 1. The molecule has 100 valence electrons. The summed E-state index contributed by atoms with van der Waals surface area (Å²) in [6, 6.07) is 14.7. The Bertz CT molecular complexity index is 825. The molecule has 0 aliphatic rings. The molecule has 3 rings (SSSR count). The van der Waals surface area contributed by atoms with Crippen molar-refractivity contribution in [2.24, 2.45) is 0 Å². The molecular weight excluding hydrogens is 272 g/mol. The largest absolute Gasteiger partial charge is 0.268 e. The fraction of sp³-hybridized carbons (Fsp3) is 0.125. The van der Waals surface area contributed by atoms with Gasteiger partial charge in [0, 0.05) is 11.4 Å². The lowest BCUT2D eigenvalue weighted by molar-refractivity contribution is 0.833. The molecule has 3 nitrogen and oxygen atoms in total. The van der Waals surface area contributed by atoms with E-state index in [9.17, 15) is 4.79 Å². The maximum Gasteiger partial charge on any atom is 0.265 e. The van der Waals surface area contributed by atoms with Crippen LogP contribution in [0.4, 0.5) is 0 Å². The highest BCUT2D eigenvalue weighted by molar-refractivity contribution is 6.31. The smallest absolute Gasteiger partial charge is 0.265 e. The Morgan fingerprint density at radius 2 is 1.90 bits per heavy atom. The van der Waals surface area contributed by atoms with E-state index in [0.717, 1.165) is 11.5 Å². The molecular formula is C16H13ClN2O. The average molecular weight is 285 g/mol. The molecule has 0 saturated carbocycles.